The summed E-state index contributed by atoms with van der Waals surface area (Å²) in [6.45, 7) is 5.88. The fourth-order valence-corrected chi connectivity index (χ4v) is 5.16. The number of unbranched alkanes of at least 4 members (excludes halogenated alkanes) is 2. The second-order valence-electron chi connectivity index (χ2n) is 10.3. The number of benzene rings is 1. The fourth-order valence-electron chi connectivity index (χ4n) is 4.36. The van der Waals surface area contributed by atoms with Crippen LogP contribution in [-0.4, -0.2) is 60.9 Å². The summed E-state index contributed by atoms with van der Waals surface area (Å²) in [5, 5.41) is 7.60. The average Bonchev–Trinajstić information content (AvgIpc) is 3.29. The zero-order valence-electron chi connectivity index (χ0n) is 24.2. The van der Waals surface area contributed by atoms with E-state index in [9.17, 15) is 32.1 Å². The van der Waals surface area contributed by atoms with Gasteiger partial charge in [0.15, 0.2) is 0 Å². The maximum atomic E-state index is 13.4. The van der Waals surface area contributed by atoms with Crippen LogP contribution in [0.2, 0.25) is 0 Å². The maximum absolute atomic E-state index is 13.4. The van der Waals surface area contributed by atoms with Gasteiger partial charge in [-0.1, -0.05) is 63.9 Å². The molecule has 2 rings (SSSR count). The van der Waals surface area contributed by atoms with Crippen LogP contribution in [0.5, 0.6) is 0 Å². The van der Waals surface area contributed by atoms with E-state index in [0.29, 0.717) is 25.8 Å². The van der Waals surface area contributed by atoms with E-state index >= 15 is 0 Å². The van der Waals surface area contributed by atoms with E-state index in [1.807, 2.05) is 26.8 Å². The Morgan fingerprint density at radius 3 is 2.37 bits per heavy atom. The summed E-state index contributed by atoms with van der Waals surface area (Å²) in [6, 6.07) is 6.25. The molecule has 4 atom stereocenters. The molecule has 3 amide bonds. The number of hydrogen-bond donors (Lipinski definition) is 3. The van der Waals surface area contributed by atoms with Gasteiger partial charge in [0.2, 0.25) is 17.3 Å². The van der Waals surface area contributed by atoms with Gasteiger partial charge < -0.3 is 30.0 Å². The van der Waals surface area contributed by atoms with Gasteiger partial charge in [0.25, 0.3) is 0 Å². The van der Waals surface area contributed by atoms with Crippen LogP contribution in [0.1, 0.15) is 71.3 Å². The second kappa shape index (κ2) is 18.4. The smallest absolute Gasteiger partial charge is 0.745 e. The zero-order chi connectivity index (χ0) is 29.7. The predicted molar refractivity (Wildman–Crippen MR) is 144 cm³/mol. The molecule has 1 unspecified atom stereocenters. The summed E-state index contributed by atoms with van der Waals surface area (Å²) < 4.78 is 47.1. The van der Waals surface area contributed by atoms with Gasteiger partial charge in [-0.2, -0.15) is 0 Å². The van der Waals surface area contributed by atoms with Gasteiger partial charge in [-0.05, 0) is 37.2 Å². The van der Waals surface area contributed by atoms with Crippen LogP contribution in [0.25, 0.3) is 0 Å². The SMILES string of the molecule is CCCCCC(=O)OC([C@H](C[C@@H]1CCNC1=O)NC(=O)[C@H](CC(C)C)NC(=O)OCc1ccccc1)S(=O)(=O)[O-].[Na+]. The summed E-state index contributed by atoms with van der Waals surface area (Å²) in [5.74, 6) is -2.84. The summed E-state index contributed by atoms with van der Waals surface area (Å²) in [4.78, 5) is 50.5. The topological polar surface area (TPSA) is 180 Å². The van der Waals surface area contributed by atoms with E-state index in [1.54, 1.807) is 24.3 Å². The van der Waals surface area contributed by atoms with Crippen molar-refractivity contribution in [2.45, 2.75) is 89.8 Å². The van der Waals surface area contributed by atoms with Gasteiger partial charge in [0.05, 0.1) is 6.04 Å². The van der Waals surface area contributed by atoms with Crippen LogP contribution in [-0.2, 0) is 40.6 Å². The molecule has 0 aliphatic carbocycles. The molecule has 1 aromatic carbocycles. The Morgan fingerprint density at radius 1 is 1.12 bits per heavy atom. The average molecular weight is 606 g/mol. The van der Waals surface area contributed by atoms with E-state index in [1.165, 1.54) is 0 Å². The Bertz CT molecular complexity index is 1100. The number of ether oxygens (including phenoxy) is 2. The minimum atomic E-state index is -5.26. The second-order valence-corrected chi connectivity index (χ2v) is 11.8. The molecule has 1 saturated heterocycles. The van der Waals surface area contributed by atoms with Crippen molar-refractivity contribution in [3.8, 4) is 0 Å². The molecule has 41 heavy (non-hydrogen) atoms. The van der Waals surface area contributed by atoms with Crippen molar-refractivity contribution < 1.29 is 71.2 Å². The van der Waals surface area contributed by atoms with Gasteiger partial charge >= 0.3 is 41.6 Å². The molecule has 0 bridgehead atoms. The number of carbonyl (C=O) groups is 4. The maximum Gasteiger partial charge on any atom is 1.00 e. The molecule has 0 spiro atoms. The predicted octanol–water partition coefficient (Wildman–Crippen LogP) is -0.663. The summed E-state index contributed by atoms with van der Waals surface area (Å²) in [7, 11) is -5.26. The first-order valence-corrected chi connectivity index (χ1v) is 15.1. The molecular weight excluding hydrogens is 565 g/mol. The van der Waals surface area contributed by atoms with E-state index < -0.39 is 51.5 Å². The third-order valence-corrected chi connectivity index (χ3v) is 7.40. The zero-order valence-corrected chi connectivity index (χ0v) is 27.0. The molecule has 224 valence electrons. The normalized spacial score (nSPS) is 17.0. The molecule has 1 heterocycles. The number of esters is 1. The van der Waals surface area contributed by atoms with Crippen molar-refractivity contribution in [3.63, 3.8) is 0 Å². The van der Waals surface area contributed by atoms with Crippen LogP contribution >= 0.6 is 0 Å². The number of carbonyl (C=O) groups excluding carboxylic acids is 4. The van der Waals surface area contributed by atoms with Crippen LogP contribution in [0.15, 0.2) is 30.3 Å². The Balaban J connectivity index is 0.00000840. The number of alkyl carbamates (subject to hydrolysis) is 1. The van der Waals surface area contributed by atoms with Crippen molar-refractivity contribution >= 4 is 34.0 Å². The van der Waals surface area contributed by atoms with Crippen LogP contribution in [0.3, 0.4) is 0 Å². The third-order valence-electron chi connectivity index (χ3n) is 6.40. The van der Waals surface area contributed by atoms with Crippen LogP contribution in [0, 0.1) is 11.8 Å². The van der Waals surface area contributed by atoms with E-state index in [-0.39, 0.29) is 67.3 Å². The Labute approximate surface area is 264 Å². The van der Waals surface area contributed by atoms with Crippen molar-refractivity contribution in [2.75, 3.05) is 6.54 Å². The van der Waals surface area contributed by atoms with Crippen molar-refractivity contribution in [1.29, 1.82) is 0 Å². The number of hydrogen-bond acceptors (Lipinski definition) is 9. The van der Waals surface area contributed by atoms with Crippen LogP contribution in [0.4, 0.5) is 4.79 Å². The van der Waals surface area contributed by atoms with E-state index in [4.69, 9.17) is 9.47 Å². The first-order chi connectivity index (χ1) is 18.9. The third kappa shape index (κ3) is 13.6. The molecule has 14 heteroatoms. The first-order valence-electron chi connectivity index (χ1n) is 13.6. The number of amides is 3. The molecule has 1 aliphatic rings. The van der Waals surface area contributed by atoms with Crippen molar-refractivity contribution in [3.05, 3.63) is 35.9 Å². The minimum Gasteiger partial charge on any atom is -0.745 e. The van der Waals surface area contributed by atoms with Gasteiger partial charge in [-0.3, -0.25) is 14.4 Å². The molecule has 1 fully saturated rings. The molecule has 3 N–H and O–H groups in total. The van der Waals surface area contributed by atoms with Crippen LogP contribution < -0.4 is 45.5 Å². The number of nitrogens with one attached hydrogen (secondary N) is 3. The summed E-state index contributed by atoms with van der Waals surface area (Å²) in [5.41, 5.74) is -1.51. The van der Waals surface area contributed by atoms with Gasteiger partial charge in [0.1, 0.15) is 22.8 Å². The number of rotatable bonds is 16. The molecule has 0 aromatic heterocycles. The minimum absolute atomic E-state index is 0. The molecule has 12 nitrogen and oxygen atoms in total. The molecular formula is C27H40N3NaO9S. The Kier molecular flexibility index (Phi) is 16.5. The molecule has 1 aromatic rings. The van der Waals surface area contributed by atoms with Crippen molar-refractivity contribution in [2.24, 2.45) is 11.8 Å². The first kappa shape index (κ1) is 36.8. The fraction of sp³-hybridized carbons (Fsp3) is 0.630. The summed E-state index contributed by atoms with van der Waals surface area (Å²) >= 11 is 0. The Hall–Kier alpha value is -2.19. The van der Waals surface area contributed by atoms with Gasteiger partial charge in [-0.25, -0.2) is 13.2 Å². The molecule has 0 radical (unpaired) electrons. The Morgan fingerprint density at radius 2 is 1.80 bits per heavy atom. The monoisotopic (exact) mass is 605 g/mol. The van der Waals surface area contributed by atoms with E-state index in [0.717, 1.165) is 12.0 Å². The van der Waals surface area contributed by atoms with Crippen molar-refractivity contribution in [1.82, 2.24) is 16.0 Å². The standard InChI is InChI=1S/C27H41N3O9S.Na/c1-4-5-7-12-23(31)39-26(40(35,36)37)22(16-20-13-14-28-24(20)32)29-25(33)21(15-18(2)3)30-27(34)38-17-19-10-8-6-9-11-19;/h6,8-11,18,20-22,26H,4-5,7,12-17H2,1-3H3,(H,28,32)(H,29,33)(H,30,34)(H,35,36,37);/q;+1/p-1/t20-,21-,22-,26?;/m0./s1. The largest absolute Gasteiger partial charge is 1.00 e. The van der Waals surface area contributed by atoms with E-state index in [2.05, 4.69) is 16.0 Å². The molecule has 1 aliphatic heterocycles. The summed E-state index contributed by atoms with van der Waals surface area (Å²) in [6.07, 6.45) is 1.24. The quantitative estimate of drug-likeness (QED) is 0.0954. The van der Waals surface area contributed by atoms with Gasteiger partial charge in [0, 0.05) is 18.9 Å². The van der Waals surface area contributed by atoms with Gasteiger partial charge in [-0.15, -0.1) is 0 Å². The molecule has 0 saturated carbocycles.